The molecule has 1 unspecified atom stereocenters. The van der Waals surface area contributed by atoms with Crippen molar-refractivity contribution in [2.75, 3.05) is 13.1 Å². The van der Waals surface area contributed by atoms with E-state index in [2.05, 4.69) is 55.5 Å². The molecule has 0 bridgehead atoms. The third kappa shape index (κ3) is 7.97. The Bertz CT molecular complexity index is 1660. The molecule has 2 aromatic heterocycles. The molecule has 2 aromatic carbocycles. The van der Waals surface area contributed by atoms with E-state index in [-0.39, 0.29) is 60.7 Å². The molecule has 12 heteroatoms. The number of nitrogens with one attached hydrogen (secondary N) is 6. The minimum Gasteiger partial charge on any atom is -0.346 e. The van der Waals surface area contributed by atoms with E-state index in [0.717, 1.165) is 33.6 Å². The molecule has 2 fully saturated rings. The van der Waals surface area contributed by atoms with E-state index < -0.39 is 24.4 Å². The molecule has 4 aromatic rings. The number of amides is 2. The number of H-pyrrole nitrogens is 2. The van der Waals surface area contributed by atoms with Crippen molar-refractivity contribution in [2.45, 2.75) is 90.9 Å². The monoisotopic (exact) mass is 686 g/mol. The van der Waals surface area contributed by atoms with Gasteiger partial charge in [0.1, 0.15) is 24.0 Å². The van der Waals surface area contributed by atoms with Crippen LogP contribution in [0.5, 0.6) is 0 Å². The lowest BCUT2D eigenvalue weighted by Crippen LogP contribution is -2.45. The summed E-state index contributed by atoms with van der Waals surface area (Å²) >= 11 is 0. The fourth-order valence-corrected chi connectivity index (χ4v) is 6.59. The zero-order valence-corrected chi connectivity index (χ0v) is 29.5. The van der Waals surface area contributed by atoms with Crippen molar-refractivity contribution in [3.05, 3.63) is 72.6 Å². The highest BCUT2D eigenvalue weighted by molar-refractivity contribution is 5.83. The topological polar surface area (TPSA) is 140 Å². The van der Waals surface area contributed by atoms with E-state index in [1.807, 2.05) is 78.2 Å². The summed E-state index contributed by atoms with van der Waals surface area (Å²) in [4.78, 5) is 42.0. The van der Waals surface area contributed by atoms with Crippen LogP contribution in [0.1, 0.15) is 78.1 Å². The number of rotatable bonds is 9. The second-order valence-electron chi connectivity index (χ2n) is 15.7. The van der Waals surface area contributed by atoms with Crippen LogP contribution >= 0.6 is 0 Å². The summed E-state index contributed by atoms with van der Waals surface area (Å²) in [6.45, 7) is 12.6. The van der Waals surface area contributed by atoms with E-state index in [1.54, 1.807) is 0 Å². The molecule has 10 nitrogen and oxygen atoms in total. The Balaban J connectivity index is 1.12. The van der Waals surface area contributed by atoms with Crippen molar-refractivity contribution in [1.29, 1.82) is 0 Å². The predicted molar refractivity (Wildman–Crippen MR) is 190 cm³/mol. The predicted octanol–water partition coefficient (Wildman–Crippen LogP) is 5.94. The lowest BCUT2D eigenvalue weighted by molar-refractivity contribution is -0.125. The van der Waals surface area contributed by atoms with Gasteiger partial charge in [0.25, 0.3) is 0 Å². The average molecular weight is 687 g/mol. The third-order valence-electron chi connectivity index (χ3n) is 9.53. The van der Waals surface area contributed by atoms with Gasteiger partial charge in [0.05, 0.1) is 35.6 Å². The summed E-state index contributed by atoms with van der Waals surface area (Å²) in [6.07, 6.45) is 2.01. The number of carbonyl (C=O) groups excluding carboxylic acids is 2. The van der Waals surface area contributed by atoms with E-state index in [0.29, 0.717) is 11.6 Å². The minimum absolute atomic E-state index is 0.174. The van der Waals surface area contributed by atoms with Crippen LogP contribution in [0, 0.1) is 10.8 Å². The average Bonchev–Trinajstić information content (AvgIpc) is 3.89. The number of halogens is 2. The normalized spacial score (nSPS) is 22.3. The van der Waals surface area contributed by atoms with Gasteiger partial charge in [-0.3, -0.25) is 9.59 Å². The van der Waals surface area contributed by atoms with E-state index >= 15 is 0 Å². The van der Waals surface area contributed by atoms with Gasteiger partial charge in [-0.05, 0) is 22.0 Å². The van der Waals surface area contributed by atoms with Crippen LogP contribution in [0.25, 0.3) is 33.6 Å². The molecule has 0 saturated carbocycles. The number of hydrogen-bond acceptors (Lipinski definition) is 6. The lowest BCUT2D eigenvalue weighted by Gasteiger charge is -2.30. The van der Waals surface area contributed by atoms with E-state index in [9.17, 15) is 18.4 Å². The maximum atomic E-state index is 13.7. The lowest BCUT2D eigenvalue weighted by atomic mass is 9.86. The number of alkyl halides is 2. The number of carbonyl (C=O) groups is 2. The molecule has 266 valence electrons. The number of hydrogen-bond donors (Lipinski definition) is 6. The SMILES string of the molecule is CC(C)(C)[C@H](NC(=O)C1C[C@@H](F)CN1)c1nc(-c2ccc(-c3ccc(-c4c[nH]c([C@@H](NC(=O)[C@@H]5C[C@@H](F)CN5)C(C)(C)C)n4)cc3)cc2)c[nH]1. The van der Waals surface area contributed by atoms with Crippen LogP contribution < -0.4 is 21.3 Å². The first-order valence-corrected chi connectivity index (χ1v) is 17.3. The number of nitrogens with zero attached hydrogens (tertiary/aromatic N) is 2. The van der Waals surface area contributed by atoms with Gasteiger partial charge in [-0.2, -0.15) is 0 Å². The highest BCUT2D eigenvalue weighted by atomic mass is 19.1. The highest BCUT2D eigenvalue weighted by Gasteiger charge is 2.37. The van der Waals surface area contributed by atoms with Gasteiger partial charge in [-0.1, -0.05) is 90.1 Å². The third-order valence-corrected chi connectivity index (χ3v) is 9.53. The largest absolute Gasteiger partial charge is 0.346 e. The summed E-state index contributed by atoms with van der Waals surface area (Å²) in [5.41, 5.74) is 4.82. The molecule has 6 atom stereocenters. The van der Waals surface area contributed by atoms with Crippen LogP contribution in [0.3, 0.4) is 0 Å². The molecule has 6 N–H and O–H groups in total. The summed E-state index contributed by atoms with van der Waals surface area (Å²) < 4.78 is 27.4. The zero-order chi connectivity index (χ0) is 35.8. The maximum Gasteiger partial charge on any atom is 0.237 e. The summed E-state index contributed by atoms with van der Waals surface area (Å²) in [6, 6.07) is 14.4. The number of aromatic amines is 2. The van der Waals surface area contributed by atoms with Crippen molar-refractivity contribution in [3.63, 3.8) is 0 Å². The molecule has 6 rings (SSSR count). The fourth-order valence-electron chi connectivity index (χ4n) is 6.59. The summed E-state index contributed by atoms with van der Waals surface area (Å²) in [5, 5.41) is 12.1. The molecular weight excluding hydrogens is 638 g/mol. The molecule has 0 aliphatic carbocycles. The van der Waals surface area contributed by atoms with Crippen LogP contribution in [0.2, 0.25) is 0 Å². The molecule has 50 heavy (non-hydrogen) atoms. The van der Waals surface area contributed by atoms with E-state index in [4.69, 9.17) is 9.97 Å². The first kappa shape index (κ1) is 35.4. The molecule has 2 aliphatic heterocycles. The molecule has 4 heterocycles. The van der Waals surface area contributed by atoms with Crippen molar-refractivity contribution in [1.82, 2.24) is 41.2 Å². The maximum absolute atomic E-state index is 13.7. The van der Waals surface area contributed by atoms with E-state index in [1.165, 1.54) is 0 Å². The molecule has 0 spiro atoms. The Labute approximate surface area is 292 Å². The first-order chi connectivity index (χ1) is 23.7. The Morgan fingerprint density at radius 1 is 0.640 bits per heavy atom. The van der Waals surface area contributed by atoms with Gasteiger partial charge in [-0.25, -0.2) is 18.7 Å². The standard InChI is InChI=1S/C38H48F2N8O2/c1-37(2,3)31(47-35(49)27-15-25(39)17-41-27)33-43-19-29(45-33)23-11-7-21(8-12-23)22-9-13-24(14-10-22)30-20-44-34(46-30)32(38(4,5)6)48-36(50)28-16-26(40)18-42-28/h7-14,19-20,25-28,31-32,41-42H,15-18H2,1-6H3,(H,43,45)(H,44,46)(H,47,49)(H,48,50)/t25-,26-,27+,28?,31-,32-/m1/s1. The van der Waals surface area contributed by atoms with Crippen molar-refractivity contribution >= 4 is 11.8 Å². The fraction of sp³-hybridized carbons (Fsp3) is 0.474. The van der Waals surface area contributed by atoms with Gasteiger partial charge in [-0.15, -0.1) is 0 Å². The minimum atomic E-state index is -1.01. The Hall–Kier alpha value is -4.42. The van der Waals surface area contributed by atoms with Crippen molar-refractivity contribution in [3.8, 4) is 33.6 Å². The van der Waals surface area contributed by atoms with Gasteiger partial charge in [0.15, 0.2) is 0 Å². The van der Waals surface area contributed by atoms with Crippen LogP contribution in [-0.2, 0) is 9.59 Å². The van der Waals surface area contributed by atoms with Crippen LogP contribution in [0.4, 0.5) is 8.78 Å². The highest BCUT2D eigenvalue weighted by Crippen LogP contribution is 2.35. The Morgan fingerprint density at radius 2 is 0.980 bits per heavy atom. The molecule has 0 radical (unpaired) electrons. The quantitative estimate of drug-likeness (QED) is 0.129. The van der Waals surface area contributed by atoms with Gasteiger partial charge < -0.3 is 31.2 Å². The number of aromatic nitrogens is 4. The Kier molecular flexibility index (Phi) is 9.96. The van der Waals surface area contributed by atoms with Gasteiger partial charge in [0.2, 0.25) is 11.8 Å². The molecular formula is C38H48F2N8O2. The van der Waals surface area contributed by atoms with Gasteiger partial charge in [0, 0.05) is 49.5 Å². The summed E-state index contributed by atoms with van der Waals surface area (Å²) in [7, 11) is 0. The van der Waals surface area contributed by atoms with Gasteiger partial charge >= 0.3 is 0 Å². The van der Waals surface area contributed by atoms with Crippen LogP contribution in [-0.4, -0.2) is 69.3 Å². The molecule has 2 amide bonds. The summed E-state index contributed by atoms with van der Waals surface area (Å²) in [5.74, 6) is 0.849. The second-order valence-corrected chi connectivity index (χ2v) is 15.7. The smallest absolute Gasteiger partial charge is 0.237 e. The van der Waals surface area contributed by atoms with Crippen molar-refractivity contribution in [2.24, 2.45) is 10.8 Å². The number of benzene rings is 2. The van der Waals surface area contributed by atoms with Crippen LogP contribution in [0.15, 0.2) is 60.9 Å². The van der Waals surface area contributed by atoms with Crippen molar-refractivity contribution < 1.29 is 18.4 Å². The first-order valence-electron chi connectivity index (χ1n) is 17.3. The number of imidazole rings is 2. The zero-order valence-electron chi connectivity index (χ0n) is 29.5. The molecule has 2 saturated heterocycles. The second kappa shape index (κ2) is 14.1. The molecule has 2 aliphatic rings. The Morgan fingerprint density at radius 3 is 1.28 bits per heavy atom.